The number of halogens is 1. The molecule has 36 heavy (non-hydrogen) atoms. The molecule has 1 N–H and O–H groups in total. The first-order chi connectivity index (χ1) is 16.8. The summed E-state index contributed by atoms with van der Waals surface area (Å²) < 4.78 is 24.9. The van der Waals surface area contributed by atoms with Crippen molar-refractivity contribution in [1.29, 1.82) is 0 Å². The quantitative estimate of drug-likeness (QED) is 0.390. The SMILES string of the molecule is Cn1c(=O)c(-c2cc(C(=O)Nc3cccc(C(C)(C)C)c3)ccc2Cl)cc2cnc(S(C)(=O)=O)nc21. The number of amides is 1. The van der Waals surface area contributed by atoms with Gasteiger partial charge in [-0.05, 0) is 47.4 Å². The molecule has 2 aromatic heterocycles. The van der Waals surface area contributed by atoms with Crippen molar-refractivity contribution in [3.8, 4) is 11.1 Å². The predicted molar refractivity (Wildman–Crippen MR) is 141 cm³/mol. The molecule has 0 spiro atoms. The van der Waals surface area contributed by atoms with Gasteiger partial charge in [-0.15, -0.1) is 0 Å². The van der Waals surface area contributed by atoms with Gasteiger partial charge >= 0.3 is 0 Å². The van der Waals surface area contributed by atoms with E-state index in [0.29, 0.717) is 22.2 Å². The van der Waals surface area contributed by atoms with E-state index in [0.717, 1.165) is 11.8 Å². The molecule has 0 aliphatic carbocycles. The summed E-state index contributed by atoms with van der Waals surface area (Å²) in [7, 11) is -2.16. The molecule has 0 aliphatic heterocycles. The molecule has 0 saturated carbocycles. The number of aryl methyl sites for hydroxylation is 1. The summed E-state index contributed by atoms with van der Waals surface area (Å²) >= 11 is 6.44. The number of hydrogen-bond acceptors (Lipinski definition) is 6. The summed E-state index contributed by atoms with van der Waals surface area (Å²) in [6.07, 6.45) is 2.34. The number of pyridine rings is 1. The van der Waals surface area contributed by atoms with Crippen LogP contribution >= 0.6 is 11.6 Å². The summed E-state index contributed by atoms with van der Waals surface area (Å²) in [5, 5.41) is 3.26. The number of carbonyl (C=O) groups is 1. The third-order valence-corrected chi connectivity index (χ3v) is 6.95. The second-order valence-electron chi connectivity index (χ2n) is 9.61. The van der Waals surface area contributed by atoms with Gasteiger partial charge in [0.2, 0.25) is 15.0 Å². The molecule has 8 nitrogen and oxygen atoms in total. The van der Waals surface area contributed by atoms with Crippen molar-refractivity contribution in [3.63, 3.8) is 0 Å². The molecule has 4 aromatic rings. The van der Waals surface area contributed by atoms with Gasteiger partial charge in [-0.3, -0.25) is 14.2 Å². The highest BCUT2D eigenvalue weighted by atomic mass is 35.5. The fraction of sp³-hybridized carbons (Fsp3) is 0.231. The van der Waals surface area contributed by atoms with Crippen molar-refractivity contribution in [2.24, 2.45) is 7.05 Å². The van der Waals surface area contributed by atoms with Crippen LogP contribution in [0.3, 0.4) is 0 Å². The number of anilines is 1. The van der Waals surface area contributed by atoms with Crippen LogP contribution < -0.4 is 10.9 Å². The van der Waals surface area contributed by atoms with Crippen molar-refractivity contribution in [1.82, 2.24) is 14.5 Å². The number of benzene rings is 2. The Labute approximate surface area is 213 Å². The third-order valence-electron chi connectivity index (χ3n) is 5.76. The van der Waals surface area contributed by atoms with Gasteiger partial charge in [0.15, 0.2) is 0 Å². The summed E-state index contributed by atoms with van der Waals surface area (Å²) in [4.78, 5) is 34.2. The zero-order valence-electron chi connectivity index (χ0n) is 20.5. The van der Waals surface area contributed by atoms with Crippen LogP contribution in [-0.4, -0.2) is 35.1 Å². The third kappa shape index (κ3) is 5.03. The molecule has 1 amide bonds. The molecule has 4 rings (SSSR count). The summed E-state index contributed by atoms with van der Waals surface area (Å²) in [5.74, 6) is -0.349. The molecule has 0 radical (unpaired) electrons. The van der Waals surface area contributed by atoms with Gasteiger partial charge in [0.25, 0.3) is 11.5 Å². The molecule has 10 heteroatoms. The summed E-state index contributed by atoms with van der Waals surface area (Å²) in [6.45, 7) is 6.28. The van der Waals surface area contributed by atoms with Gasteiger partial charge < -0.3 is 5.32 Å². The topological polar surface area (TPSA) is 111 Å². The van der Waals surface area contributed by atoms with Crippen LogP contribution in [-0.2, 0) is 22.3 Å². The van der Waals surface area contributed by atoms with Crippen molar-refractivity contribution >= 4 is 44.1 Å². The van der Waals surface area contributed by atoms with Crippen LogP contribution in [0.2, 0.25) is 5.02 Å². The van der Waals surface area contributed by atoms with Crippen molar-refractivity contribution in [2.75, 3.05) is 11.6 Å². The van der Waals surface area contributed by atoms with Crippen LogP contribution in [0.5, 0.6) is 0 Å². The Morgan fingerprint density at radius 3 is 2.44 bits per heavy atom. The van der Waals surface area contributed by atoms with Crippen LogP contribution in [0.15, 0.2) is 64.7 Å². The van der Waals surface area contributed by atoms with Gasteiger partial charge in [0.1, 0.15) is 5.65 Å². The van der Waals surface area contributed by atoms with E-state index in [1.807, 2.05) is 24.3 Å². The largest absolute Gasteiger partial charge is 0.322 e. The molecular formula is C26H25ClN4O4S. The lowest BCUT2D eigenvalue weighted by molar-refractivity contribution is 0.102. The first-order valence-electron chi connectivity index (χ1n) is 11.0. The van der Waals surface area contributed by atoms with Crippen molar-refractivity contribution in [2.45, 2.75) is 31.3 Å². The van der Waals surface area contributed by atoms with E-state index in [1.54, 1.807) is 24.3 Å². The maximum Gasteiger partial charge on any atom is 0.259 e. The van der Waals surface area contributed by atoms with Crippen molar-refractivity contribution in [3.05, 3.63) is 81.2 Å². The maximum atomic E-state index is 13.2. The predicted octanol–water partition coefficient (Wildman–Crippen LogP) is 4.60. The Hall–Kier alpha value is -3.56. The first-order valence-corrected chi connectivity index (χ1v) is 13.3. The number of aromatic nitrogens is 3. The molecule has 0 saturated heterocycles. The molecule has 0 unspecified atom stereocenters. The molecule has 0 aliphatic rings. The lowest BCUT2D eigenvalue weighted by atomic mass is 9.87. The number of rotatable bonds is 4. The zero-order valence-corrected chi connectivity index (χ0v) is 22.0. The second kappa shape index (κ2) is 9.15. The molecular weight excluding hydrogens is 500 g/mol. The second-order valence-corrected chi connectivity index (χ2v) is 11.9. The Morgan fingerprint density at radius 1 is 1.06 bits per heavy atom. The minimum absolute atomic E-state index is 0.0733. The standard InChI is InChI=1S/C26H25ClN4O4S/c1-26(2,3)17-7-6-8-18(13-17)29-23(32)15-9-10-21(27)19(11-15)20-12-16-14-28-25(36(5,34)35)30-22(16)31(4)24(20)33/h6-14H,1-5H3,(H,29,32). The van der Waals surface area contributed by atoms with Gasteiger partial charge in [0, 0.05) is 52.3 Å². The zero-order chi connectivity index (χ0) is 26.4. The number of nitrogens with zero attached hydrogens (tertiary/aromatic N) is 3. The molecule has 186 valence electrons. The van der Waals surface area contributed by atoms with Gasteiger partial charge in [-0.1, -0.05) is 44.5 Å². The van der Waals surface area contributed by atoms with Crippen LogP contribution in [0, 0.1) is 0 Å². The highest BCUT2D eigenvalue weighted by Gasteiger charge is 2.19. The monoisotopic (exact) mass is 524 g/mol. The van der Waals surface area contributed by atoms with E-state index in [4.69, 9.17) is 11.6 Å². The lowest BCUT2D eigenvalue weighted by Gasteiger charge is -2.20. The number of sulfone groups is 1. The highest BCUT2D eigenvalue weighted by Crippen LogP contribution is 2.29. The highest BCUT2D eigenvalue weighted by molar-refractivity contribution is 7.90. The fourth-order valence-electron chi connectivity index (χ4n) is 3.74. The fourth-order valence-corrected chi connectivity index (χ4v) is 4.46. The maximum absolute atomic E-state index is 13.2. The van der Waals surface area contributed by atoms with E-state index in [9.17, 15) is 18.0 Å². The normalized spacial score (nSPS) is 12.1. The number of fused-ring (bicyclic) bond motifs is 1. The number of hydrogen-bond donors (Lipinski definition) is 1. The average molecular weight is 525 g/mol. The van der Waals surface area contributed by atoms with Gasteiger partial charge in [-0.25, -0.2) is 13.4 Å². The molecule has 0 bridgehead atoms. The van der Waals surface area contributed by atoms with E-state index in [2.05, 4.69) is 36.1 Å². The van der Waals surface area contributed by atoms with Crippen LogP contribution in [0.25, 0.3) is 22.2 Å². The van der Waals surface area contributed by atoms with E-state index < -0.39 is 15.4 Å². The molecule has 2 heterocycles. The summed E-state index contributed by atoms with van der Waals surface area (Å²) in [5.41, 5.74) is 2.30. The number of carbonyl (C=O) groups excluding carboxylic acids is 1. The minimum Gasteiger partial charge on any atom is -0.322 e. The van der Waals surface area contributed by atoms with Gasteiger partial charge in [-0.2, -0.15) is 4.98 Å². The molecule has 0 atom stereocenters. The summed E-state index contributed by atoms with van der Waals surface area (Å²) in [6, 6.07) is 13.9. The molecule has 2 aromatic carbocycles. The van der Waals surface area contributed by atoms with Crippen molar-refractivity contribution < 1.29 is 13.2 Å². The van der Waals surface area contributed by atoms with Crippen LogP contribution in [0.4, 0.5) is 5.69 Å². The smallest absolute Gasteiger partial charge is 0.259 e. The van der Waals surface area contributed by atoms with E-state index >= 15 is 0 Å². The lowest BCUT2D eigenvalue weighted by Crippen LogP contribution is -2.21. The number of nitrogens with one attached hydrogen (secondary N) is 1. The van der Waals surface area contributed by atoms with Gasteiger partial charge in [0.05, 0.1) is 0 Å². The minimum atomic E-state index is -3.65. The average Bonchev–Trinajstić information content (AvgIpc) is 2.80. The van der Waals surface area contributed by atoms with E-state index in [1.165, 1.54) is 17.8 Å². The van der Waals surface area contributed by atoms with Crippen LogP contribution in [0.1, 0.15) is 36.7 Å². The Balaban J connectivity index is 1.75. The molecule has 0 fully saturated rings. The Morgan fingerprint density at radius 2 is 1.78 bits per heavy atom. The first kappa shape index (κ1) is 25.5. The van der Waals surface area contributed by atoms with E-state index in [-0.39, 0.29) is 32.7 Å². The Kier molecular flexibility index (Phi) is 6.49. The Bertz CT molecular complexity index is 1690.